The average Bonchev–Trinajstić information content (AvgIpc) is 3.07. The minimum absolute atomic E-state index is 0.00717. The monoisotopic (exact) mass is 252 g/mol. The highest BCUT2D eigenvalue weighted by atomic mass is 16.6. The van der Waals surface area contributed by atoms with E-state index in [1.165, 1.54) is 32.1 Å². The summed E-state index contributed by atoms with van der Waals surface area (Å²) in [5.74, 6) is 0.722. The van der Waals surface area contributed by atoms with Gasteiger partial charge in [-0.15, -0.1) is 0 Å². The molecule has 2 aliphatic carbocycles. The molecule has 1 aliphatic heterocycles. The van der Waals surface area contributed by atoms with E-state index in [2.05, 4.69) is 6.92 Å². The Morgan fingerprint density at radius 2 is 2.00 bits per heavy atom. The fourth-order valence-corrected chi connectivity index (χ4v) is 3.65. The van der Waals surface area contributed by atoms with Crippen LogP contribution in [0, 0.1) is 11.8 Å². The van der Waals surface area contributed by atoms with Crippen molar-refractivity contribution in [1.29, 1.82) is 0 Å². The van der Waals surface area contributed by atoms with Crippen molar-refractivity contribution < 1.29 is 14.3 Å². The first-order valence-electron chi connectivity index (χ1n) is 7.52. The molecule has 0 aromatic carbocycles. The molecule has 3 rings (SSSR count). The Morgan fingerprint density at radius 1 is 1.22 bits per heavy atom. The molecule has 3 heteroatoms. The van der Waals surface area contributed by atoms with E-state index in [1.54, 1.807) is 0 Å². The van der Waals surface area contributed by atoms with Gasteiger partial charge in [-0.3, -0.25) is 4.79 Å². The number of carbonyl (C=O) groups is 1. The minimum Gasteiger partial charge on any atom is -0.465 e. The lowest BCUT2D eigenvalue weighted by Gasteiger charge is -2.25. The summed E-state index contributed by atoms with van der Waals surface area (Å²) < 4.78 is 11.2. The second-order valence-electron chi connectivity index (χ2n) is 6.53. The molecule has 2 saturated carbocycles. The first kappa shape index (κ1) is 12.5. The van der Waals surface area contributed by atoms with E-state index in [0.717, 1.165) is 19.3 Å². The second kappa shape index (κ2) is 4.84. The summed E-state index contributed by atoms with van der Waals surface area (Å²) in [6.45, 7) is 2.77. The van der Waals surface area contributed by atoms with Gasteiger partial charge in [0.1, 0.15) is 0 Å². The number of fused-ring (bicyclic) bond motifs is 1. The van der Waals surface area contributed by atoms with Gasteiger partial charge in [0.25, 0.3) is 0 Å². The highest BCUT2D eigenvalue weighted by molar-refractivity contribution is 5.72. The van der Waals surface area contributed by atoms with E-state index < -0.39 is 0 Å². The van der Waals surface area contributed by atoms with Crippen LogP contribution >= 0.6 is 0 Å². The third kappa shape index (κ3) is 2.56. The van der Waals surface area contributed by atoms with Crippen LogP contribution in [0.5, 0.6) is 0 Å². The van der Waals surface area contributed by atoms with Crippen molar-refractivity contribution in [1.82, 2.24) is 0 Å². The lowest BCUT2D eigenvalue weighted by atomic mass is 9.82. The van der Waals surface area contributed by atoms with E-state index in [-0.39, 0.29) is 17.5 Å². The van der Waals surface area contributed by atoms with E-state index in [4.69, 9.17) is 9.47 Å². The van der Waals surface area contributed by atoms with Crippen molar-refractivity contribution in [3.63, 3.8) is 0 Å². The second-order valence-corrected chi connectivity index (χ2v) is 6.53. The highest BCUT2D eigenvalue weighted by Crippen LogP contribution is 2.49. The molecule has 0 bridgehead atoms. The first-order valence-corrected chi connectivity index (χ1v) is 7.52. The average molecular weight is 252 g/mol. The van der Waals surface area contributed by atoms with Gasteiger partial charge in [-0.1, -0.05) is 19.3 Å². The third-order valence-electron chi connectivity index (χ3n) is 4.98. The molecule has 3 unspecified atom stereocenters. The predicted octanol–water partition coefficient (Wildman–Crippen LogP) is 3.07. The summed E-state index contributed by atoms with van der Waals surface area (Å²) in [6, 6.07) is 0. The Balaban J connectivity index is 1.43. The van der Waals surface area contributed by atoms with E-state index in [1.807, 2.05) is 0 Å². The maximum atomic E-state index is 12.1. The number of carbonyl (C=O) groups excluding carboxylic acids is 1. The highest BCUT2D eigenvalue weighted by Gasteiger charge is 2.56. The molecule has 0 aromatic rings. The van der Waals surface area contributed by atoms with Gasteiger partial charge in [0.2, 0.25) is 0 Å². The van der Waals surface area contributed by atoms with E-state index >= 15 is 0 Å². The Bertz CT molecular complexity index is 322. The number of hydrogen-bond donors (Lipinski definition) is 0. The van der Waals surface area contributed by atoms with Crippen molar-refractivity contribution in [2.24, 2.45) is 11.8 Å². The maximum Gasteiger partial charge on any atom is 0.309 e. The Kier molecular flexibility index (Phi) is 3.35. The largest absolute Gasteiger partial charge is 0.465 e. The molecule has 3 aliphatic rings. The molecule has 3 nitrogen and oxygen atoms in total. The Hall–Kier alpha value is -0.570. The zero-order chi connectivity index (χ0) is 12.6. The molecule has 3 atom stereocenters. The molecule has 0 N–H and O–H groups in total. The van der Waals surface area contributed by atoms with Gasteiger partial charge in [-0.2, -0.15) is 0 Å². The van der Waals surface area contributed by atoms with Gasteiger partial charge < -0.3 is 9.47 Å². The predicted molar refractivity (Wildman–Crippen MR) is 68.2 cm³/mol. The quantitative estimate of drug-likeness (QED) is 0.572. The van der Waals surface area contributed by atoms with Crippen LogP contribution in [0.2, 0.25) is 0 Å². The number of epoxide rings is 1. The van der Waals surface area contributed by atoms with Crippen LogP contribution in [-0.2, 0) is 14.3 Å². The van der Waals surface area contributed by atoms with Crippen LogP contribution in [0.25, 0.3) is 0 Å². The van der Waals surface area contributed by atoms with E-state index in [0.29, 0.717) is 18.6 Å². The van der Waals surface area contributed by atoms with Crippen LogP contribution in [0.15, 0.2) is 0 Å². The summed E-state index contributed by atoms with van der Waals surface area (Å²) in [5, 5.41) is 0. The topological polar surface area (TPSA) is 38.8 Å². The van der Waals surface area contributed by atoms with Crippen molar-refractivity contribution in [3.05, 3.63) is 0 Å². The van der Waals surface area contributed by atoms with Gasteiger partial charge in [0.15, 0.2) is 0 Å². The van der Waals surface area contributed by atoms with Crippen LogP contribution in [-0.4, -0.2) is 24.3 Å². The van der Waals surface area contributed by atoms with Gasteiger partial charge in [-0.05, 0) is 44.9 Å². The van der Waals surface area contributed by atoms with Crippen LogP contribution in [0.3, 0.4) is 0 Å². The lowest BCUT2D eigenvalue weighted by Crippen LogP contribution is -2.30. The van der Waals surface area contributed by atoms with Gasteiger partial charge >= 0.3 is 5.97 Å². The molecule has 18 heavy (non-hydrogen) atoms. The fraction of sp³-hybridized carbons (Fsp3) is 0.933. The third-order valence-corrected chi connectivity index (χ3v) is 4.98. The van der Waals surface area contributed by atoms with Gasteiger partial charge in [0, 0.05) is 0 Å². The van der Waals surface area contributed by atoms with Crippen molar-refractivity contribution in [3.8, 4) is 0 Å². The normalized spacial score (nSPS) is 40.1. The number of rotatable bonds is 3. The van der Waals surface area contributed by atoms with Crippen molar-refractivity contribution in [2.75, 3.05) is 6.61 Å². The molecular formula is C15H24O3. The van der Waals surface area contributed by atoms with Crippen LogP contribution in [0.4, 0.5) is 0 Å². The molecule has 102 valence electrons. The van der Waals surface area contributed by atoms with Crippen molar-refractivity contribution >= 4 is 5.97 Å². The first-order chi connectivity index (χ1) is 8.67. The fourth-order valence-electron chi connectivity index (χ4n) is 3.65. The summed E-state index contributed by atoms with van der Waals surface area (Å²) in [5.41, 5.74) is -0.00717. The van der Waals surface area contributed by atoms with E-state index in [9.17, 15) is 4.79 Å². The summed E-state index contributed by atoms with van der Waals surface area (Å²) in [7, 11) is 0. The van der Waals surface area contributed by atoms with Crippen molar-refractivity contribution in [2.45, 2.75) is 70.0 Å². The zero-order valence-electron chi connectivity index (χ0n) is 11.3. The Labute approximate surface area is 109 Å². The molecule has 3 fully saturated rings. The summed E-state index contributed by atoms with van der Waals surface area (Å²) >= 11 is 0. The molecular weight excluding hydrogens is 228 g/mol. The number of esters is 1. The van der Waals surface area contributed by atoms with Gasteiger partial charge in [-0.25, -0.2) is 0 Å². The van der Waals surface area contributed by atoms with Gasteiger partial charge in [0.05, 0.1) is 24.2 Å². The lowest BCUT2D eigenvalue weighted by molar-refractivity contribution is -0.151. The summed E-state index contributed by atoms with van der Waals surface area (Å²) in [4.78, 5) is 12.1. The summed E-state index contributed by atoms with van der Waals surface area (Å²) in [6.07, 6.45) is 9.69. The minimum atomic E-state index is -0.00717. The molecule has 0 amide bonds. The molecule has 0 spiro atoms. The molecule has 1 saturated heterocycles. The standard InChI is InChI=1S/C15H24O3/c1-15-9-12(7-8-13(15)18-15)14(16)17-10-11-5-3-2-4-6-11/h11-13H,2-10H2,1H3. The molecule has 0 radical (unpaired) electrons. The Morgan fingerprint density at radius 3 is 2.72 bits per heavy atom. The van der Waals surface area contributed by atoms with Crippen LogP contribution < -0.4 is 0 Å². The SMILES string of the molecule is CC12CC(C(=O)OCC3CCCCC3)CCC1O2. The molecule has 1 heterocycles. The maximum absolute atomic E-state index is 12.1. The number of hydrogen-bond acceptors (Lipinski definition) is 3. The number of ether oxygens (including phenoxy) is 2. The van der Waals surface area contributed by atoms with Crippen LogP contribution in [0.1, 0.15) is 58.3 Å². The zero-order valence-corrected chi connectivity index (χ0v) is 11.3. The molecule has 0 aromatic heterocycles. The smallest absolute Gasteiger partial charge is 0.309 e.